The number of hydrogen-bond acceptors (Lipinski definition) is 6. The molecule has 7 nitrogen and oxygen atoms in total. The van der Waals surface area contributed by atoms with Gasteiger partial charge in [0.05, 0.1) is 19.1 Å². The van der Waals surface area contributed by atoms with Crippen molar-refractivity contribution in [3.8, 4) is 0 Å². The van der Waals surface area contributed by atoms with Crippen molar-refractivity contribution in [2.75, 3.05) is 13.2 Å². The summed E-state index contributed by atoms with van der Waals surface area (Å²) in [6, 6.07) is 0. The van der Waals surface area contributed by atoms with Crippen LogP contribution in [0.5, 0.6) is 0 Å². The predicted octanol–water partition coefficient (Wildman–Crippen LogP) is 4.75. The molecule has 5 atom stereocenters. The molecule has 0 saturated heterocycles. The van der Waals surface area contributed by atoms with Crippen molar-refractivity contribution in [1.82, 2.24) is 0 Å². The van der Waals surface area contributed by atoms with Crippen molar-refractivity contribution in [2.24, 2.45) is 40.4 Å². The number of carbonyl (C=O) groups is 2. The van der Waals surface area contributed by atoms with Crippen molar-refractivity contribution in [3.05, 3.63) is 0 Å². The van der Waals surface area contributed by atoms with E-state index in [-0.39, 0.29) is 23.9 Å². The van der Waals surface area contributed by atoms with E-state index in [0.29, 0.717) is 30.8 Å². The maximum atomic E-state index is 13.7. The number of halogens is 2. The summed E-state index contributed by atoms with van der Waals surface area (Å²) >= 11 is 0. The molecule has 4 bridgehead atoms. The molecule has 0 aromatic carbocycles. The molecule has 0 aromatic rings. The summed E-state index contributed by atoms with van der Waals surface area (Å²) in [6.07, 6.45) is 12.8. The van der Waals surface area contributed by atoms with Gasteiger partial charge in [-0.05, 0) is 81.5 Å². The molecule has 35 heavy (non-hydrogen) atoms. The van der Waals surface area contributed by atoms with Crippen LogP contribution in [0.15, 0.2) is 0 Å². The van der Waals surface area contributed by atoms with Crippen molar-refractivity contribution >= 4 is 22.1 Å². The Morgan fingerprint density at radius 1 is 0.857 bits per heavy atom. The SMILES string of the molecule is O=C(OCC12CC3CC(C1)CC(COC(=O)C(F)(F)S(=O)(=O)O)(C3)C2)C1CCC2CCCCC2C1. The fraction of sp³-hybridized carbons (Fsp3) is 0.920. The normalized spacial score (nSPS) is 40.7. The second-order valence-corrected chi connectivity index (χ2v) is 13.9. The summed E-state index contributed by atoms with van der Waals surface area (Å²) in [5.74, 6) is -0.324. The van der Waals surface area contributed by atoms with Gasteiger partial charge in [0.15, 0.2) is 0 Å². The van der Waals surface area contributed by atoms with Gasteiger partial charge >= 0.3 is 27.3 Å². The van der Waals surface area contributed by atoms with E-state index < -0.39 is 26.8 Å². The lowest BCUT2D eigenvalue weighted by Crippen LogP contribution is -2.56. The summed E-state index contributed by atoms with van der Waals surface area (Å²) in [5.41, 5.74) is -0.776. The smallest absolute Gasteiger partial charge is 0.465 e. The van der Waals surface area contributed by atoms with Crippen LogP contribution in [0.4, 0.5) is 8.78 Å². The largest absolute Gasteiger partial charge is 0.465 e. The Balaban J connectivity index is 1.20. The van der Waals surface area contributed by atoms with Crippen LogP contribution in [0.25, 0.3) is 0 Å². The lowest BCUT2D eigenvalue weighted by molar-refractivity contribution is -0.187. The minimum atomic E-state index is -5.89. The van der Waals surface area contributed by atoms with Crippen LogP contribution >= 0.6 is 0 Å². The molecular formula is C25H36F2O7S. The van der Waals surface area contributed by atoms with E-state index in [1.165, 1.54) is 25.7 Å². The van der Waals surface area contributed by atoms with E-state index >= 15 is 0 Å². The number of rotatable bonds is 7. The van der Waals surface area contributed by atoms with Gasteiger partial charge in [0.1, 0.15) is 0 Å². The maximum absolute atomic E-state index is 13.7. The van der Waals surface area contributed by atoms with Crippen LogP contribution in [0.3, 0.4) is 0 Å². The van der Waals surface area contributed by atoms with Crippen LogP contribution < -0.4 is 0 Å². The highest BCUT2D eigenvalue weighted by Crippen LogP contribution is 2.65. The Labute approximate surface area is 205 Å². The second kappa shape index (κ2) is 8.92. The molecule has 198 valence electrons. The molecule has 5 unspecified atom stereocenters. The number of esters is 2. The third kappa shape index (κ3) is 4.86. The minimum Gasteiger partial charge on any atom is -0.465 e. The maximum Gasteiger partial charge on any atom is 0.465 e. The molecule has 6 fully saturated rings. The molecule has 0 amide bonds. The molecule has 10 heteroatoms. The Hall–Kier alpha value is -1.29. The van der Waals surface area contributed by atoms with E-state index in [1.54, 1.807) is 0 Å². The van der Waals surface area contributed by atoms with Gasteiger partial charge in [0.25, 0.3) is 0 Å². The fourth-order valence-electron chi connectivity index (χ4n) is 8.82. The fourth-order valence-corrected chi connectivity index (χ4v) is 9.09. The second-order valence-electron chi connectivity index (χ2n) is 12.5. The van der Waals surface area contributed by atoms with Crippen LogP contribution in [0, 0.1) is 40.4 Å². The zero-order chi connectivity index (χ0) is 25.1. The Kier molecular flexibility index (Phi) is 6.47. The van der Waals surface area contributed by atoms with Crippen molar-refractivity contribution < 1.29 is 40.8 Å². The van der Waals surface area contributed by atoms with Crippen LogP contribution in [0.2, 0.25) is 0 Å². The Morgan fingerprint density at radius 3 is 2.03 bits per heavy atom. The summed E-state index contributed by atoms with van der Waals surface area (Å²) < 4.78 is 68.5. The van der Waals surface area contributed by atoms with E-state index in [2.05, 4.69) is 0 Å². The minimum absolute atomic E-state index is 0.0409. The molecular weight excluding hydrogens is 482 g/mol. The summed E-state index contributed by atoms with van der Waals surface area (Å²) in [5, 5.41) is -4.99. The third-order valence-corrected chi connectivity index (χ3v) is 10.6. The van der Waals surface area contributed by atoms with Gasteiger partial charge in [0.2, 0.25) is 0 Å². The van der Waals surface area contributed by atoms with E-state index in [9.17, 15) is 26.8 Å². The van der Waals surface area contributed by atoms with Gasteiger partial charge in [-0.2, -0.15) is 17.2 Å². The summed E-state index contributed by atoms with van der Waals surface area (Å²) in [4.78, 5) is 24.8. The highest BCUT2D eigenvalue weighted by atomic mass is 32.2. The number of fused-ring (bicyclic) bond motifs is 1. The molecule has 0 spiro atoms. The standard InChI is InChI=1S/C25H36F2O7S/c26-25(27,35(30,31)32)22(29)34-15-24-11-16-7-17(12-24)10-23(9-16,13-24)14-33-21(28)20-6-5-18-3-1-2-4-19(18)8-20/h16-20H,1-15H2,(H,30,31,32). The molecule has 6 aliphatic carbocycles. The number of alkyl halides is 2. The van der Waals surface area contributed by atoms with Crippen LogP contribution in [-0.4, -0.2) is 43.4 Å². The third-order valence-electron chi connectivity index (χ3n) is 9.77. The first-order valence-corrected chi connectivity index (χ1v) is 14.5. The molecule has 6 aliphatic rings. The first-order valence-electron chi connectivity index (χ1n) is 13.1. The summed E-state index contributed by atoms with van der Waals surface area (Å²) in [6.45, 7) is -0.00830. The van der Waals surface area contributed by atoms with Crippen LogP contribution in [-0.2, 0) is 29.2 Å². The van der Waals surface area contributed by atoms with Gasteiger partial charge in [-0.15, -0.1) is 0 Å². The predicted molar refractivity (Wildman–Crippen MR) is 121 cm³/mol. The summed E-state index contributed by atoms with van der Waals surface area (Å²) in [7, 11) is -5.89. The lowest BCUT2D eigenvalue weighted by atomic mass is 9.44. The number of ether oxygens (including phenoxy) is 2. The molecule has 6 saturated carbocycles. The first-order chi connectivity index (χ1) is 16.4. The quantitative estimate of drug-likeness (QED) is 0.383. The molecule has 0 aromatic heterocycles. The number of carbonyl (C=O) groups excluding carboxylic acids is 2. The van der Waals surface area contributed by atoms with Gasteiger partial charge in [-0.3, -0.25) is 9.35 Å². The lowest BCUT2D eigenvalue weighted by Gasteiger charge is -2.61. The molecule has 0 aliphatic heterocycles. The van der Waals surface area contributed by atoms with Crippen molar-refractivity contribution in [3.63, 3.8) is 0 Å². The zero-order valence-corrected chi connectivity index (χ0v) is 20.9. The number of hydrogen-bond donors (Lipinski definition) is 1. The van der Waals surface area contributed by atoms with Gasteiger partial charge in [-0.25, -0.2) is 4.79 Å². The van der Waals surface area contributed by atoms with E-state index in [0.717, 1.165) is 57.3 Å². The van der Waals surface area contributed by atoms with Crippen molar-refractivity contribution in [1.29, 1.82) is 0 Å². The van der Waals surface area contributed by atoms with Gasteiger partial charge in [0, 0.05) is 10.8 Å². The zero-order valence-electron chi connectivity index (χ0n) is 20.1. The monoisotopic (exact) mass is 518 g/mol. The molecule has 1 N–H and O–H groups in total. The van der Waals surface area contributed by atoms with Gasteiger partial charge < -0.3 is 9.47 Å². The topological polar surface area (TPSA) is 107 Å². The average Bonchev–Trinajstić information content (AvgIpc) is 2.79. The first kappa shape index (κ1) is 25.4. The highest BCUT2D eigenvalue weighted by molar-refractivity contribution is 7.87. The molecule has 0 radical (unpaired) electrons. The molecule has 6 rings (SSSR count). The van der Waals surface area contributed by atoms with E-state index in [1.807, 2.05) is 0 Å². The molecule has 0 heterocycles. The van der Waals surface area contributed by atoms with Gasteiger partial charge in [-0.1, -0.05) is 25.7 Å². The van der Waals surface area contributed by atoms with Crippen molar-refractivity contribution in [2.45, 2.75) is 88.7 Å². The Bertz CT molecular complexity index is 951. The average molecular weight is 519 g/mol. The van der Waals surface area contributed by atoms with E-state index in [4.69, 9.17) is 14.0 Å². The Morgan fingerprint density at radius 2 is 1.43 bits per heavy atom. The van der Waals surface area contributed by atoms with Crippen LogP contribution in [0.1, 0.15) is 83.5 Å². The highest BCUT2D eigenvalue weighted by Gasteiger charge is 2.60.